The normalized spacial score (nSPS) is 18.8. The lowest BCUT2D eigenvalue weighted by atomic mass is 9.74. The highest BCUT2D eigenvalue weighted by Gasteiger charge is 2.31. The van der Waals surface area contributed by atoms with Gasteiger partial charge in [0.1, 0.15) is 0 Å². The number of benzene rings is 1. The van der Waals surface area contributed by atoms with Crippen molar-refractivity contribution in [2.45, 2.75) is 39.5 Å². The molecule has 1 saturated heterocycles. The molecule has 0 aliphatic carbocycles. The Hall–Kier alpha value is -1.23. The molecule has 5 heteroatoms. The molecule has 1 aliphatic rings. The average Bonchev–Trinajstić information content (AvgIpc) is 2.54. The molecular formula is C16H24BrN3O. The Morgan fingerprint density at radius 3 is 2.43 bits per heavy atom. The summed E-state index contributed by atoms with van der Waals surface area (Å²) in [6, 6.07) is 6.00. The van der Waals surface area contributed by atoms with Crippen LogP contribution in [0.25, 0.3) is 0 Å². The van der Waals surface area contributed by atoms with Gasteiger partial charge in [-0.1, -0.05) is 31.8 Å². The number of nitrogens with two attached hydrogens (primary N) is 1. The van der Waals surface area contributed by atoms with Crippen LogP contribution in [0, 0.1) is 5.41 Å². The first-order valence-corrected chi connectivity index (χ1v) is 8.37. The van der Waals surface area contributed by atoms with Crippen LogP contribution in [-0.2, 0) is 0 Å². The molecule has 2 rings (SSSR count). The van der Waals surface area contributed by atoms with E-state index >= 15 is 0 Å². The van der Waals surface area contributed by atoms with Gasteiger partial charge in [0.05, 0.1) is 0 Å². The number of anilines is 1. The van der Waals surface area contributed by atoms with Crippen molar-refractivity contribution in [2.24, 2.45) is 16.3 Å². The fraction of sp³-hybridized carbons (Fsp3) is 0.562. The number of amidine groups is 1. The number of piperidine rings is 1. The Morgan fingerprint density at radius 1 is 1.33 bits per heavy atom. The summed E-state index contributed by atoms with van der Waals surface area (Å²) in [6.45, 7) is 6.80. The first kappa shape index (κ1) is 16.1. The molecule has 1 aliphatic heterocycles. The van der Waals surface area contributed by atoms with Gasteiger partial charge in [0.25, 0.3) is 0 Å². The van der Waals surface area contributed by atoms with Gasteiger partial charge in [0, 0.05) is 28.8 Å². The SMILES string of the molecule is CCC1(CC)CCN(c2ccc(/C(N)=N/O)c(Br)c2)CC1. The van der Waals surface area contributed by atoms with Crippen LogP contribution in [0.4, 0.5) is 5.69 Å². The van der Waals surface area contributed by atoms with Crippen LogP contribution >= 0.6 is 15.9 Å². The molecule has 0 bridgehead atoms. The second-order valence-electron chi connectivity index (χ2n) is 5.84. The molecule has 4 nitrogen and oxygen atoms in total. The lowest BCUT2D eigenvalue weighted by Gasteiger charge is -2.42. The molecule has 1 fully saturated rings. The maximum absolute atomic E-state index is 8.77. The van der Waals surface area contributed by atoms with E-state index in [-0.39, 0.29) is 5.84 Å². The molecule has 1 aromatic rings. The lowest BCUT2D eigenvalue weighted by Crippen LogP contribution is -2.39. The second-order valence-corrected chi connectivity index (χ2v) is 6.70. The average molecular weight is 354 g/mol. The van der Waals surface area contributed by atoms with Crippen LogP contribution in [0.1, 0.15) is 45.1 Å². The van der Waals surface area contributed by atoms with E-state index in [1.807, 2.05) is 12.1 Å². The molecule has 21 heavy (non-hydrogen) atoms. The number of oxime groups is 1. The predicted octanol–water partition coefficient (Wildman–Crippen LogP) is 3.95. The van der Waals surface area contributed by atoms with Crippen molar-refractivity contribution in [1.29, 1.82) is 0 Å². The van der Waals surface area contributed by atoms with Crippen LogP contribution in [0.2, 0.25) is 0 Å². The van der Waals surface area contributed by atoms with Gasteiger partial charge < -0.3 is 15.8 Å². The molecule has 3 N–H and O–H groups in total. The number of halogens is 1. The number of hydrogen-bond donors (Lipinski definition) is 2. The topological polar surface area (TPSA) is 61.8 Å². The summed E-state index contributed by atoms with van der Waals surface area (Å²) in [5, 5.41) is 11.8. The van der Waals surface area contributed by atoms with Crippen LogP contribution < -0.4 is 10.6 Å². The Bertz CT molecular complexity index is 516. The second kappa shape index (κ2) is 6.69. The first-order valence-electron chi connectivity index (χ1n) is 7.57. The Kier molecular flexibility index (Phi) is 5.14. The summed E-state index contributed by atoms with van der Waals surface area (Å²) in [5.74, 6) is 0.128. The van der Waals surface area contributed by atoms with Gasteiger partial charge in [-0.2, -0.15) is 0 Å². The molecule has 1 aromatic carbocycles. The van der Waals surface area contributed by atoms with Gasteiger partial charge in [-0.25, -0.2) is 0 Å². The minimum Gasteiger partial charge on any atom is -0.409 e. The fourth-order valence-electron chi connectivity index (χ4n) is 3.16. The molecular weight excluding hydrogens is 330 g/mol. The number of rotatable bonds is 4. The third-order valence-electron chi connectivity index (χ3n) is 5.03. The van der Waals surface area contributed by atoms with Crippen molar-refractivity contribution in [2.75, 3.05) is 18.0 Å². The van der Waals surface area contributed by atoms with Gasteiger partial charge in [0.2, 0.25) is 0 Å². The minimum atomic E-state index is 0.128. The van der Waals surface area contributed by atoms with E-state index in [0.717, 1.165) is 23.1 Å². The highest BCUT2D eigenvalue weighted by Crippen LogP contribution is 2.39. The van der Waals surface area contributed by atoms with E-state index < -0.39 is 0 Å². The summed E-state index contributed by atoms with van der Waals surface area (Å²) in [7, 11) is 0. The van der Waals surface area contributed by atoms with Crippen LogP contribution in [0.5, 0.6) is 0 Å². The molecule has 0 saturated carbocycles. The summed E-state index contributed by atoms with van der Waals surface area (Å²) in [6.07, 6.45) is 5.03. The zero-order chi connectivity index (χ0) is 15.5. The molecule has 0 radical (unpaired) electrons. The zero-order valence-corrected chi connectivity index (χ0v) is 14.4. The molecule has 1 heterocycles. The van der Waals surface area contributed by atoms with E-state index in [0.29, 0.717) is 5.41 Å². The van der Waals surface area contributed by atoms with E-state index in [1.165, 1.54) is 31.4 Å². The van der Waals surface area contributed by atoms with E-state index in [4.69, 9.17) is 10.9 Å². The summed E-state index contributed by atoms with van der Waals surface area (Å²) < 4.78 is 0.859. The summed E-state index contributed by atoms with van der Waals surface area (Å²) in [5.41, 5.74) is 8.09. The quantitative estimate of drug-likeness (QED) is 0.372. The van der Waals surface area contributed by atoms with Crippen molar-refractivity contribution in [1.82, 2.24) is 0 Å². The minimum absolute atomic E-state index is 0.128. The van der Waals surface area contributed by atoms with Crippen LogP contribution in [-0.4, -0.2) is 24.1 Å². The first-order chi connectivity index (χ1) is 10.0. The highest BCUT2D eigenvalue weighted by molar-refractivity contribution is 9.10. The van der Waals surface area contributed by atoms with E-state index in [9.17, 15) is 0 Å². The van der Waals surface area contributed by atoms with Gasteiger partial charge in [-0.15, -0.1) is 0 Å². The maximum atomic E-state index is 8.77. The predicted molar refractivity (Wildman–Crippen MR) is 91.1 cm³/mol. The Morgan fingerprint density at radius 2 is 1.95 bits per heavy atom. The van der Waals surface area contributed by atoms with Crippen molar-refractivity contribution >= 4 is 27.5 Å². The van der Waals surface area contributed by atoms with E-state index in [2.05, 4.69) is 45.9 Å². The van der Waals surface area contributed by atoms with Crippen LogP contribution in [0.3, 0.4) is 0 Å². The largest absolute Gasteiger partial charge is 0.409 e. The van der Waals surface area contributed by atoms with Crippen LogP contribution in [0.15, 0.2) is 27.8 Å². The van der Waals surface area contributed by atoms with E-state index in [1.54, 1.807) is 0 Å². The standard InChI is InChI=1S/C16H24BrN3O/c1-3-16(4-2)7-9-20(10-8-16)12-5-6-13(14(17)11-12)15(18)19-21/h5-6,11,21H,3-4,7-10H2,1-2H3,(H2,18,19). The lowest BCUT2D eigenvalue weighted by molar-refractivity contribution is 0.199. The Balaban J connectivity index is 2.13. The monoisotopic (exact) mass is 353 g/mol. The van der Waals surface area contributed by atoms with Crippen molar-refractivity contribution in [3.63, 3.8) is 0 Å². The molecule has 116 valence electrons. The van der Waals surface area contributed by atoms with Gasteiger partial charge in [-0.05, 0) is 52.4 Å². The Labute approximate surface area is 135 Å². The number of hydrogen-bond acceptors (Lipinski definition) is 3. The summed E-state index contributed by atoms with van der Waals surface area (Å²) >= 11 is 3.51. The molecule has 0 atom stereocenters. The van der Waals surface area contributed by atoms with Crippen molar-refractivity contribution in [3.05, 3.63) is 28.2 Å². The molecule has 0 spiro atoms. The fourth-order valence-corrected chi connectivity index (χ4v) is 3.73. The third kappa shape index (κ3) is 3.34. The molecule has 0 aromatic heterocycles. The summed E-state index contributed by atoms with van der Waals surface area (Å²) in [4.78, 5) is 2.42. The van der Waals surface area contributed by atoms with Crippen molar-refractivity contribution < 1.29 is 5.21 Å². The van der Waals surface area contributed by atoms with Gasteiger partial charge in [-0.3, -0.25) is 0 Å². The van der Waals surface area contributed by atoms with Crippen molar-refractivity contribution in [3.8, 4) is 0 Å². The number of nitrogens with zero attached hydrogens (tertiary/aromatic N) is 2. The molecule has 0 amide bonds. The van der Waals surface area contributed by atoms with Gasteiger partial charge in [0.15, 0.2) is 5.84 Å². The third-order valence-corrected chi connectivity index (χ3v) is 5.68. The zero-order valence-electron chi connectivity index (χ0n) is 12.8. The highest BCUT2D eigenvalue weighted by atomic mass is 79.9. The van der Waals surface area contributed by atoms with Gasteiger partial charge >= 0.3 is 0 Å². The molecule has 0 unspecified atom stereocenters. The smallest absolute Gasteiger partial charge is 0.171 e. The maximum Gasteiger partial charge on any atom is 0.171 e.